The van der Waals surface area contributed by atoms with E-state index in [2.05, 4.69) is 73.1 Å². The number of carbonyl (C=O) groups is 3. The summed E-state index contributed by atoms with van der Waals surface area (Å²) in [5, 5.41) is 8.87. The molecule has 0 aliphatic rings. The van der Waals surface area contributed by atoms with Gasteiger partial charge in [0.15, 0.2) is 6.10 Å². The molecule has 0 spiro atoms. The van der Waals surface area contributed by atoms with E-state index < -0.39 is 51.1 Å². The van der Waals surface area contributed by atoms with E-state index >= 15 is 0 Å². The van der Waals surface area contributed by atoms with Crippen molar-refractivity contribution in [1.29, 1.82) is 0 Å². The minimum atomic E-state index is -4.74. The molecule has 0 aliphatic heterocycles. The molecule has 320 valence electrons. The Bertz CT molecular complexity index is 1380. The van der Waals surface area contributed by atoms with Gasteiger partial charge in [-0.1, -0.05) is 155 Å². The van der Waals surface area contributed by atoms with Crippen molar-refractivity contribution in [3.63, 3.8) is 0 Å². The maximum Gasteiger partial charge on any atom is 0.472 e. The highest BCUT2D eigenvalue weighted by molar-refractivity contribution is 7.47. The topological polar surface area (TPSA) is 172 Å². The van der Waals surface area contributed by atoms with Crippen molar-refractivity contribution in [3.05, 3.63) is 109 Å². The van der Waals surface area contributed by atoms with E-state index in [9.17, 15) is 23.8 Å². The Morgan fingerprint density at radius 1 is 0.561 bits per heavy atom. The van der Waals surface area contributed by atoms with Crippen LogP contribution in [0.5, 0.6) is 0 Å². The Kier molecular flexibility index (Phi) is 36.3. The van der Waals surface area contributed by atoms with Gasteiger partial charge < -0.3 is 25.2 Å². The first-order valence-electron chi connectivity index (χ1n) is 20.5. The van der Waals surface area contributed by atoms with Crippen LogP contribution in [0.1, 0.15) is 123 Å². The molecule has 0 aliphatic carbocycles. The molecule has 12 heteroatoms. The molecule has 2 unspecified atom stereocenters. The average molecular weight is 816 g/mol. The molecule has 0 bridgehead atoms. The zero-order valence-electron chi connectivity index (χ0n) is 34.4. The summed E-state index contributed by atoms with van der Waals surface area (Å²) < 4.78 is 32.5. The first-order chi connectivity index (χ1) is 27.6. The number of phosphoric acid groups is 1. The standard InChI is InChI=1S/C45H70NO10P/c1-3-5-7-9-11-13-15-17-18-19-20-21-22-23-25-26-28-30-32-34-36-43(47)53-38-41(39-54-57(51,52)55-40-42(46)45(49)50)56-44(48)37-35-33-31-29-27-24-16-14-12-10-8-6-4-2/h5-8,10-14,16-18,20-21,24,27,29,31,41-42H,3-4,9,15,19,22-23,25-26,28,30,32-40,46H2,1-2H3,(H,49,50)(H,51,52)/b7-5+,8-6+,12-10+,13-11+,16-14+,18-17+,21-20+,27-24+,31-29+/t41?,42-/m1/s1. The molecule has 0 saturated carbocycles. The van der Waals surface area contributed by atoms with Crippen molar-refractivity contribution >= 4 is 25.7 Å². The van der Waals surface area contributed by atoms with E-state index in [0.717, 1.165) is 70.6 Å². The zero-order chi connectivity index (χ0) is 42.1. The molecule has 0 saturated heterocycles. The fourth-order valence-electron chi connectivity index (χ4n) is 4.73. The van der Waals surface area contributed by atoms with E-state index in [1.54, 1.807) is 0 Å². The fourth-order valence-corrected chi connectivity index (χ4v) is 5.51. The number of allylic oxidation sites excluding steroid dienone is 18. The summed E-state index contributed by atoms with van der Waals surface area (Å²) in [5.41, 5.74) is 5.32. The lowest BCUT2D eigenvalue weighted by molar-refractivity contribution is -0.161. The molecule has 0 amide bonds. The Balaban J connectivity index is 4.49. The number of carbonyl (C=O) groups excluding carboxylic acids is 2. The molecule has 0 aromatic rings. The SMILES string of the molecule is CC/C=C/C=C/C=C/C=C/C=C/CCCC(=O)OC(COC(=O)CCCCCCCCC/C=C/C/C=C/C/C=C/C/C=C/CC)COP(=O)(O)OC[C@@H](N)C(=O)O. The number of nitrogens with two attached hydrogens (primary N) is 1. The van der Waals surface area contributed by atoms with Crippen LogP contribution in [0.25, 0.3) is 0 Å². The molecule has 11 nitrogen and oxygen atoms in total. The molecule has 0 radical (unpaired) electrons. The van der Waals surface area contributed by atoms with Crippen molar-refractivity contribution in [2.45, 2.75) is 135 Å². The monoisotopic (exact) mass is 815 g/mol. The summed E-state index contributed by atoms with van der Waals surface area (Å²) in [4.78, 5) is 45.8. The number of aliphatic carboxylic acids is 1. The van der Waals surface area contributed by atoms with E-state index in [1.165, 1.54) is 6.42 Å². The van der Waals surface area contributed by atoms with Crippen LogP contribution in [0, 0.1) is 0 Å². The normalized spacial score (nSPS) is 14.9. The zero-order valence-corrected chi connectivity index (χ0v) is 35.3. The average Bonchev–Trinajstić information content (AvgIpc) is 3.19. The summed E-state index contributed by atoms with van der Waals surface area (Å²) in [5.74, 6) is -2.51. The van der Waals surface area contributed by atoms with Gasteiger partial charge in [0.25, 0.3) is 0 Å². The van der Waals surface area contributed by atoms with Crippen LogP contribution < -0.4 is 5.73 Å². The number of hydrogen-bond donors (Lipinski definition) is 3. The number of rotatable bonds is 36. The first kappa shape index (κ1) is 53.1. The number of hydrogen-bond acceptors (Lipinski definition) is 9. The molecule has 0 aromatic carbocycles. The highest BCUT2D eigenvalue weighted by Gasteiger charge is 2.28. The van der Waals surface area contributed by atoms with Crippen molar-refractivity contribution in [2.75, 3.05) is 19.8 Å². The fraction of sp³-hybridized carbons (Fsp3) is 0.533. The second kappa shape index (κ2) is 39.0. The van der Waals surface area contributed by atoms with Gasteiger partial charge in [-0.2, -0.15) is 0 Å². The van der Waals surface area contributed by atoms with Gasteiger partial charge in [-0.25, -0.2) is 4.57 Å². The number of phosphoric ester groups is 1. The third-order valence-electron chi connectivity index (χ3n) is 7.89. The lowest BCUT2D eigenvalue weighted by atomic mass is 10.1. The van der Waals surface area contributed by atoms with Crippen LogP contribution in [0.3, 0.4) is 0 Å². The molecule has 4 N–H and O–H groups in total. The maximum absolute atomic E-state index is 12.6. The predicted molar refractivity (Wildman–Crippen MR) is 230 cm³/mol. The van der Waals surface area contributed by atoms with E-state index in [1.807, 2.05) is 54.7 Å². The lowest BCUT2D eigenvalue weighted by Crippen LogP contribution is -2.34. The van der Waals surface area contributed by atoms with Gasteiger partial charge in [-0.3, -0.25) is 23.4 Å². The third-order valence-corrected chi connectivity index (χ3v) is 8.84. The minimum absolute atomic E-state index is 0.0552. The second-order valence-electron chi connectivity index (χ2n) is 13.1. The molecular formula is C45H70NO10P. The Morgan fingerprint density at radius 2 is 1.04 bits per heavy atom. The number of esters is 2. The third kappa shape index (κ3) is 38.8. The number of carboxylic acids is 1. The van der Waals surface area contributed by atoms with Crippen molar-refractivity contribution in [1.82, 2.24) is 0 Å². The van der Waals surface area contributed by atoms with Crippen molar-refractivity contribution in [2.24, 2.45) is 5.73 Å². The Labute approximate surface area is 342 Å². The molecule has 57 heavy (non-hydrogen) atoms. The van der Waals surface area contributed by atoms with E-state index in [0.29, 0.717) is 19.3 Å². The minimum Gasteiger partial charge on any atom is -0.480 e. The number of carboxylic acid groups (broad SMARTS) is 1. The van der Waals surface area contributed by atoms with Gasteiger partial charge in [-0.05, 0) is 64.2 Å². The molecule has 3 atom stereocenters. The number of unbranched alkanes of at least 4 members (excludes halogenated alkanes) is 8. The van der Waals surface area contributed by atoms with Gasteiger partial charge in [0.05, 0.1) is 13.2 Å². The van der Waals surface area contributed by atoms with Crippen molar-refractivity contribution < 1.29 is 47.5 Å². The molecule has 0 heterocycles. The molecule has 0 rings (SSSR count). The van der Waals surface area contributed by atoms with Gasteiger partial charge in [0.1, 0.15) is 12.6 Å². The van der Waals surface area contributed by atoms with Crippen LogP contribution in [0.4, 0.5) is 0 Å². The summed E-state index contributed by atoms with van der Waals surface area (Å²) in [6, 6.07) is -1.54. The highest BCUT2D eigenvalue weighted by atomic mass is 31.2. The van der Waals surface area contributed by atoms with E-state index in [4.69, 9.17) is 24.8 Å². The van der Waals surface area contributed by atoms with Gasteiger partial charge >= 0.3 is 25.7 Å². The smallest absolute Gasteiger partial charge is 0.472 e. The quantitative estimate of drug-likeness (QED) is 0.0181. The Hall–Kier alpha value is -3.86. The van der Waals surface area contributed by atoms with Gasteiger partial charge in [0, 0.05) is 12.8 Å². The molecule has 0 aromatic heterocycles. The second-order valence-corrected chi connectivity index (χ2v) is 14.6. The first-order valence-corrected chi connectivity index (χ1v) is 22.0. The van der Waals surface area contributed by atoms with Gasteiger partial charge in [-0.15, -0.1) is 0 Å². The summed E-state index contributed by atoms with van der Waals surface area (Å²) in [6.07, 6.45) is 50.3. The Morgan fingerprint density at radius 3 is 1.63 bits per heavy atom. The summed E-state index contributed by atoms with van der Waals surface area (Å²) in [6.45, 7) is 2.42. The van der Waals surface area contributed by atoms with Crippen LogP contribution in [0.15, 0.2) is 109 Å². The maximum atomic E-state index is 12.6. The highest BCUT2D eigenvalue weighted by Crippen LogP contribution is 2.43. The largest absolute Gasteiger partial charge is 0.480 e. The summed E-state index contributed by atoms with van der Waals surface area (Å²) >= 11 is 0. The van der Waals surface area contributed by atoms with Crippen LogP contribution in [-0.4, -0.2) is 59.9 Å². The lowest BCUT2D eigenvalue weighted by Gasteiger charge is -2.20. The number of ether oxygens (including phenoxy) is 2. The van der Waals surface area contributed by atoms with Crippen LogP contribution in [0.2, 0.25) is 0 Å². The molecule has 0 fully saturated rings. The van der Waals surface area contributed by atoms with Crippen LogP contribution in [-0.2, 0) is 37.5 Å². The van der Waals surface area contributed by atoms with Crippen LogP contribution >= 0.6 is 7.82 Å². The van der Waals surface area contributed by atoms with Crippen molar-refractivity contribution in [3.8, 4) is 0 Å². The summed E-state index contributed by atoms with van der Waals surface area (Å²) in [7, 11) is -4.74. The predicted octanol–water partition coefficient (Wildman–Crippen LogP) is 10.7. The molecular weight excluding hydrogens is 745 g/mol. The van der Waals surface area contributed by atoms with E-state index in [-0.39, 0.29) is 19.4 Å². The van der Waals surface area contributed by atoms with Gasteiger partial charge in [0.2, 0.25) is 0 Å².